The van der Waals surface area contributed by atoms with Crippen molar-refractivity contribution in [3.05, 3.63) is 63.6 Å². The van der Waals surface area contributed by atoms with E-state index in [0.29, 0.717) is 5.56 Å². The number of hydrogen-bond acceptors (Lipinski definition) is 2. The largest absolute Gasteiger partial charge is 0.322 e. The molecule has 0 spiro atoms. The van der Waals surface area contributed by atoms with Crippen LogP contribution in [0.2, 0.25) is 0 Å². The summed E-state index contributed by atoms with van der Waals surface area (Å²) in [6.45, 7) is 2.78. The minimum absolute atomic E-state index is 0.0955. The molecular weight excluding hydrogens is 328 g/mol. The van der Waals surface area contributed by atoms with Gasteiger partial charge in [-0.05, 0) is 50.3 Å². The van der Waals surface area contributed by atoms with Gasteiger partial charge in [-0.1, -0.05) is 40.2 Å². The monoisotopic (exact) mass is 346 g/mol. The highest BCUT2D eigenvalue weighted by molar-refractivity contribution is 9.10. The van der Waals surface area contributed by atoms with Gasteiger partial charge in [0.2, 0.25) is 0 Å². The molecule has 2 rings (SSSR count). The number of carbonyl (C=O) groups is 1. The van der Waals surface area contributed by atoms with Crippen LogP contribution in [0.4, 0.5) is 5.69 Å². The Morgan fingerprint density at radius 2 is 1.90 bits per heavy atom. The van der Waals surface area contributed by atoms with Crippen LogP contribution in [0.1, 0.15) is 21.5 Å². The van der Waals surface area contributed by atoms with Gasteiger partial charge in [-0.15, -0.1) is 0 Å². The van der Waals surface area contributed by atoms with Crippen molar-refractivity contribution in [1.29, 1.82) is 0 Å². The third-order valence-electron chi connectivity index (χ3n) is 3.19. The van der Waals surface area contributed by atoms with Crippen molar-refractivity contribution in [1.82, 2.24) is 4.90 Å². The van der Waals surface area contributed by atoms with Crippen molar-refractivity contribution in [3.8, 4) is 0 Å². The summed E-state index contributed by atoms with van der Waals surface area (Å²) in [4.78, 5) is 14.4. The van der Waals surface area contributed by atoms with E-state index in [0.717, 1.165) is 27.8 Å². The summed E-state index contributed by atoms with van der Waals surface area (Å²) in [7, 11) is 4.02. The number of aryl methyl sites for hydroxylation is 1. The molecule has 0 saturated heterocycles. The maximum Gasteiger partial charge on any atom is 0.255 e. The number of nitrogens with zero attached hydrogens (tertiary/aromatic N) is 1. The average molecular weight is 347 g/mol. The highest BCUT2D eigenvalue weighted by atomic mass is 79.9. The summed E-state index contributed by atoms with van der Waals surface area (Å²) >= 11 is 3.46. The fourth-order valence-corrected chi connectivity index (χ4v) is 2.43. The van der Waals surface area contributed by atoms with E-state index in [1.807, 2.05) is 63.5 Å². The zero-order valence-corrected chi connectivity index (χ0v) is 14.1. The van der Waals surface area contributed by atoms with Gasteiger partial charge < -0.3 is 10.2 Å². The molecule has 2 aromatic rings. The maximum absolute atomic E-state index is 12.4. The van der Waals surface area contributed by atoms with E-state index < -0.39 is 0 Å². The predicted octanol–water partition coefficient (Wildman–Crippen LogP) is 4.07. The Morgan fingerprint density at radius 3 is 2.57 bits per heavy atom. The van der Waals surface area contributed by atoms with Gasteiger partial charge >= 0.3 is 0 Å². The van der Waals surface area contributed by atoms with Crippen molar-refractivity contribution < 1.29 is 4.79 Å². The molecular formula is C17H19BrN2O. The fourth-order valence-electron chi connectivity index (χ4n) is 2.05. The number of rotatable bonds is 4. The molecule has 0 aliphatic rings. The Morgan fingerprint density at radius 1 is 1.19 bits per heavy atom. The second-order valence-electron chi connectivity index (χ2n) is 5.31. The van der Waals surface area contributed by atoms with Gasteiger partial charge in [-0.3, -0.25) is 4.79 Å². The molecule has 2 aromatic carbocycles. The Labute approximate surface area is 134 Å². The second kappa shape index (κ2) is 6.87. The second-order valence-corrected chi connectivity index (χ2v) is 6.17. The summed E-state index contributed by atoms with van der Waals surface area (Å²) in [6, 6.07) is 13.5. The first kappa shape index (κ1) is 15.7. The molecule has 0 saturated carbocycles. The Bertz CT molecular complexity index is 653. The van der Waals surface area contributed by atoms with E-state index in [1.165, 1.54) is 0 Å². The Balaban J connectivity index is 2.21. The molecule has 4 heteroatoms. The van der Waals surface area contributed by atoms with E-state index in [2.05, 4.69) is 26.1 Å². The molecule has 0 fully saturated rings. The van der Waals surface area contributed by atoms with Crippen LogP contribution in [0, 0.1) is 6.92 Å². The van der Waals surface area contributed by atoms with Gasteiger partial charge in [0.1, 0.15) is 0 Å². The van der Waals surface area contributed by atoms with Gasteiger partial charge in [0.15, 0.2) is 0 Å². The van der Waals surface area contributed by atoms with Crippen molar-refractivity contribution >= 4 is 27.5 Å². The van der Waals surface area contributed by atoms with Gasteiger partial charge in [0.05, 0.1) is 0 Å². The zero-order valence-electron chi connectivity index (χ0n) is 12.5. The topological polar surface area (TPSA) is 32.3 Å². The molecule has 0 aliphatic heterocycles. The molecule has 3 nitrogen and oxygen atoms in total. The van der Waals surface area contributed by atoms with E-state index in [4.69, 9.17) is 0 Å². The molecule has 0 bridgehead atoms. The quantitative estimate of drug-likeness (QED) is 0.904. The summed E-state index contributed by atoms with van der Waals surface area (Å²) in [5, 5.41) is 2.99. The van der Waals surface area contributed by atoms with Crippen LogP contribution in [-0.2, 0) is 6.54 Å². The van der Waals surface area contributed by atoms with Gasteiger partial charge in [-0.2, -0.15) is 0 Å². The first-order valence-corrected chi connectivity index (χ1v) is 7.57. The van der Waals surface area contributed by atoms with Crippen LogP contribution in [0.3, 0.4) is 0 Å². The Kier molecular flexibility index (Phi) is 5.15. The van der Waals surface area contributed by atoms with E-state index >= 15 is 0 Å². The highest BCUT2D eigenvalue weighted by Gasteiger charge is 2.10. The SMILES string of the molecule is Cc1ccc(C(=O)Nc2ccccc2CN(C)C)cc1Br. The van der Waals surface area contributed by atoms with Crippen LogP contribution in [0.5, 0.6) is 0 Å². The molecule has 1 N–H and O–H groups in total. The molecule has 0 aliphatic carbocycles. The molecule has 21 heavy (non-hydrogen) atoms. The number of nitrogens with one attached hydrogen (secondary N) is 1. The summed E-state index contributed by atoms with van der Waals surface area (Å²) in [5.41, 5.74) is 3.71. The lowest BCUT2D eigenvalue weighted by Gasteiger charge is -2.15. The average Bonchev–Trinajstić information content (AvgIpc) is 2.43. The van der Waals surface area contributed by atoms with Gasteiger partial charge in [-0.25, -0.2) is 0 Å². The lowest BCUT2D eigenvalue weighted by molar-refractivity contribution is 0.102. The number of benzene rings is 2. The number of anilines is 1. The number of halogens is 1. The van der Waals surface area contributed by atoms with Crippen LogP contribution >= 0.6 is 15.9 Å². The normalized spacial score (nSPS) is 10.7. The highest BCUT2D eigenvalue weighted by Crippen LogP contribution is 2.20. The summed E-state index contributed by atoms with van der Waals surface area (Å²) < 4.78 is 0.941. The third-order valence-corrected chi connectivity index (χ3v) is 4.04. The molecule has 0 unspecified atom stereocenters. The Hall–Kier alpha value is -1.65. The van der Waals surface area contributed by atoms with Crippen molar-refractivity contribution in [2.24, 2.45) is 0 Å². The molecule has 0 radical (unpaired) electrons. The smallest absolute Gasteiger partial charge is 0.255 e. The van der Waals surface area contributed by atoms with Crippen molar-refractivity contribution in [2.75, 3.05) is 19.4 Å². The first-order chi connectivity index (χ1) is 9.97. The standard InChI is InChI=1S/C17H19BrN2O/c1-12-8-9-13(10-15(12)18)17(21)19-16-7-5-4-6-14(16)11-20(2)3/h4-10H,11H2,1-3H3,(H,19,21). The molecule has 0 atom stereocenters. The molecule has 1 amide bonds. The number of hydrogen-bond donors (Lipinski definition) is 1. The summed E-state index contributed by atoms with van der Waals surface area (Å²) in [5.74, 6) is -0.0955. The van der Waals surface area contributed by atoms with Crippen LogP contribution in [-0.4, -0.2) is 24.9 Å². The lowest BCUT2D eigenvalue weighted by Crippen LogP contribution is -2.16. The van der Waals surface area contributed by atoms with Crippen LogP contribution in [0.25, 0.3) is 0 Å². The van der Waals surface area contributed by atoms with Crippen LogP contribution < -0.4 is 5.32 Å². The fraction of sp³-hybridized carbons (Fsp3) is 0.235. The molecule has 0 aromatic heterocycles. The maximum atomic E-state index is 12.4. The van der Waals surface area contributed by atoms with E-state index in [-0.39, 0.29) is 5.91 Å². The predicted molar refractivity (Wildman–Crippen MR) is 90.7 cm³/mol. The first-order valence-electron chi connectivity index (χ1n) is 6.77. The van der Waals surface area contributed by atoms with Gasteiger partial charge in [0.25, 0.3) is 5.91 Å². The van der Waals surface area contributed by atoms with E-state index in [1.54, 1.807) is 0 Å². The lowest BCUT2D eigenvalue weighted by atomic mass is 10.1. The van der Waals surface area contributed by atoms with Crippen molar-refractivity contribution in [2.45, 2.75) is 13.5 Å². The summed E-state index contributed by atoms with van der Waals surface area (Å²) in [6.07, 6.45) is 0. The zero-order chi connectivity index (χ0) is 15.4. The van der Waals surface area contributed by atoms with E-state index in [9.17, 15) is 4.79 Å². The van der Waals surface area contributed by atoms with Crippen molar-refractivity contribution in [3.63, 3.8) is 0 Å². The number of para-hydroxylation sites is 1. The minimum atomic E-state index is -0.0955. The minimum Gasteiger partial charge on any atom is -0.322 e. The third kappa shape index (κ3) is 4.16. The molecule has 110 valence electrons. The molecule has 0 heterocycles. The van der Waals surface area contributed by atoms with Crippen LogP contribution in [0.15, 0.2) is 46.9 Å². The number of amides is 1. The van der Waals surface area contributed by atoms with Gasteiger partial charge in [0, 0.05) is 22.3 Å². The number of carbonyl (C=O) groups excluding carboxylic acids is 1.